The summed E-state index contributed by atoms with van der Waals surface area (Å²) in [6, 6.07) is 0. The summed E-state index contributed by atoms with van der Waals surface area (Å²) in [6.07, 6.45) is -5.86. The van der Waals surface area contributed by atoms with Crippen LogP contribution < -0.4 is 0 Å². The first kappa shape index (κ1) is 13.5. The first-order valence-corrected chi connectivity index (χ1v) is 4.05. The molecule has 9 heteroatoms. The molecule has 0 bridgehead atoms. The van der Waals surface area contributed by atoms with Gasteiger partial charge < -0.3 is 9.84 Å². The van der Waals surface area contributed by atoms with Crippen LogP contribution in [0.4, 0.5) is 30.7 Å². The Morgan fingerprint density at radius 3 is 2.00 bits per heavy atom. The Bertz CT molecular complexity index is 287. The van der Waals surface area contributed by atoms with Gasteiger partial charge in [-0.15, -0.1) is 0 Å². The summed E-state index contributed by atoms with van der Waals surface area (Å²) in [7, 11) is 0. The molecule has 2 atom stereocenters. The lowest BCUT2D eigenvalue weighted by atomic mass is 9.87. The Morgan fingerprint density at radius 2 is 1.62 bits per heavy atom. The molecule has 1 N–H and O–H groups in total. The van der Waals surface area contributed by atoms with Gasteiger partial charge in [0.15, 0.2) is 0 Å². The first-order valence-electron chi connectivity index (χ1n) is 4.05. The Kier molecular flexibility index (Phi) is 2.72. The molecule has 1 aliphatic heterocycles. The molecule has 0 aromatic rings. The van der Waals surface area contributed by atoms with Crippen LogP contribution in [0.15, 0.2) is 0 Å². The zero-order valence-electron chi connectivity index (χ0n) is 7.79. The van der Waals surface area contributed by atoms with Crippen molar-refractivity contribution in [2.45, 2.75) is 30.7 Å². The van der Waals surface area contributed by atoms with E-state index < -0.39 is 36.3 Å². The molecule has 16 heavy (non-hydrogen) atoms. The zero-order chi connectivity index (χ0) is 13.0. The van der Waals surface area contributed by atoms with Gasteiger partial charge in [-0.1, -0.05) is 6.92 Å². The van der Waals surface area contributed by atoms with Crippen LogP contribution >= 0.6 is 0 Å². The summed E-state index contributed by atoms with van der Waals surface area (Å²) in [4.78, 5) is 0. The van der Waals surface area contributed by atoms with Gasteiger partial charge in [0, 0.05) is 0 Å². The first-order chi connectivity index (χ1) is 6.86. The largest absolute Gasteiger partial charge is 0.449 e. The van der Waals surface area contributed by atoms with Gasteiger partial charge in [-0.2, -0.15) is 22.0 Å². The molecule has 1 rings (SSSR count). The van der Waals surface area contributed by atoms with Gasteiger partial charge >= 0.3 is 17.9 Å². The minimum atomic E-state index is -5.86. The maximum atomic E-state index is 13.1. The average molecular weight is 256 g/mol. The Morgan fingerprint density at radius 1 is 1.19 bits per heavy atom. The van der Waals surface area contributed by atoms with Crippen molar-refractivity contribution in [3.05, 3.63) is 0 Å². The Hall–Kier alpha value is -0.570. The van der Waals surface area contributed by atoms with Crippen LogP contribution in [-0.4, -0.2) is 35.5 Å². The summed E-state index contributed by atoms with van der Waals surface area (Å²) in [5.41, 5.74) is 0. The number of aliphatic hydroxyl groups is 1. The van der Waals surface area contributed by atoms with E-state index in [0.29, 0.717) is 0 Å². The van der Waals surface area contributed by atoms with E-state index in [2.05, 4.69) is 4.74 Å². The third-order valence-electron chi connectivity index (χ3n) is 2.49. The van der Waals surface area contributed by atoms with Crippen molar-refractivity contribution in [1.82, 2.24) is 0 Å². The molecule has 1 heterocycles. The Labute approximate surface area is 85.0 Å². The second kappa shape index (κ2) is 3.22. The van der Waals surface area contributed by atoms with Crippen LogP contribution in [0.3, 0.4) is 0 Å². The molecule has 0 amide bonds. The van der Waals surface area contributed by atoms with E-state index in [1.807, 2.05) is 0 Å². The smallest absolute Gasteiger partial charge is 0.354 e. The molecular weight excluding hydrogens is 249 g/mol. The highest BCUT2D eigenvalue weighted by Gasteiger charge is 2.78. The monoisotopic (exact) mass is 256 g/mol. The third-order valence-corrected chi connectivity index (χ3v) is 2.49. The number of hydrogen-bond acceptors (Lipinski definition) is 2. The molecule has 96 valence electrons. The number of halogens is 7. The maximum Gasteiger partial charge on any atom is 0.449 e. The van der Waals surface area contributed by atoms with Crippen LogP contribution in [-0.2, 0) is 4.74 Å². The second-order valence-electron chi connectivity index (χ2n) is 3.54. The minimum absolute atomic E-state index is 0.221. The standard InChI is InChI=1S/C7H7F7O2/c1-3-4(8,9)2-16-6(15,5(3,10)11)7(12,13)14/h3,15H,2H2,1H3. The van der Waals surface area contributed by atoms with E-state index in [-0.39, 0.29) is 6.92 Å². The molecule has 1 aliphatic rings. The summed E-state index contributed by atoms with van der Waals surface area (Å²) in [5.74, 6) is -17.1. The molecule has 2 unspecified atom stereocenters. The van der Waals surface area contributed by atoms with Gasteiger partial charge in [0.2, 0.25) is 0 Å². The van der Waals surface area contributed by atoms with Crippen molar-refractivity contribution >= 4 is 0 Å². The van der Waals surface area contributed by atoms with Crippen molar-refractivity contribution in [2.24, 2.45) is 5.92 Å². The molecule has 0 aromatic carbocycles. The third kappa shape index (κ3) is 1.56. The number of hydrogen-bond donors (Lipinski definition) is 1. The summed E-state index contributed by atoms with van der Waals surface area (Å²) < 4.78 is 91.3. The topological polar surface area (TPSA) is 29.5 Å². The van der Waals surface area contributed by atoms with Crippen molar-refractivity contribution in [3.63, 3.8) is 0 Å². The molecule has 0 saturated carbocycles. The van der Waals surface area contributed by atoms with Gasteiger partial charge in [-0.3, -0.25) is 0 Å². The van der Waals surface area contributed by atoms with Crippen molar-refractivity contribution in [1.29, 1.82) is 0 Å². The number of ether oxygens (including phenoxy) is 1. The molecule has 0 radical (unpaired) electrons. The molecule has 1 fully saturated rings. The highest BCUT2D eigenvalue weighted by Crippen LogP contribution is 2.54. The van der Waals surface area contributed by atoms with E-state index in [9.17, 15) is 30.7 Å². The SMILES string of the molecule is CC1C(F)(F)COC(O)(C(F)(F)F)C1(F)F. The highest BCUT2D eigenvalue weighted by atomic mass is 19.4. The zero-order valence-corrected chi connectivity index (χ0v) is 7.79. The maximum absolute atomic E-state index is 13.1. The van der Waals surface area contributed by atoms with Crippen LogP contribution in [0.25, 0.3) is 0 Å². The van der Waals surface area contributed by atoms with Gasteiger partial charge in [-0.05, 0) is 0 Å². The number of alkyl halides is 7. The summed E-state index contributed by atoms with van der Waals surface area (Å²) in [6.45, 7) is -1.70. The molecule has 0 spiro atoms. The molecule has 1 saturated heterocycles. The molecule has 0 aliphatic carbocycles. The van der Waals surface area contributed by atoms with Crippen molar-refractivity contribution in [2.75, 3.05) is 6.61 Å². The van der Waals surface area contributed by atoms with E-state index in [1.165, 1.54) is 0 Å². The minimum Gasteiger partial charge on any atom is -0.354 e. The van der Waals surface area contributed by atoms with Gasteiger partial charge in [0.25, 0.3) is 5.92 Å². The van der Waals surface area contributed by atoms with E-state index in [1.54, 1.807) is 0 Å². The van der Waals surface area contributed by atoms with E-state index in [4.69, 9.17) is 5.11 Å². The quantitative estimate of drug-likeness (QED) is 0.673. The van der Waals surface area contributed by atoms with Crippen LogP contribution in [0, 0.1) is 5.92 Å². The van der Waals surface area contributed by atoms with Crippen molar-refractivity contribution in [3.8, 4) is 0 Å². The summed E-state index contributed by atoms with van der Waals surface area (Å²) >= 11 is 0. The predicted octanol–water partition coefficient (Wildman–Crippen LogP) is 2.17. The fraction of sp³-hybridized carbons (Fsp3) is 1.00. The van der Waals surface area contributed by atoms with E-state index in [0.717, 1.165) is 0 Å². The normalized spacial score (nSPS) is 38.4. The number of rotatable bonds is 0. The average Bonchev–Trinajstić information content (AvgIpc) is 2.08. The lowest BCUT2D eigenvalue weighted by Crippen LogP contribution is -2.70. The summed E-state index contributed by atoms with van der Waals surface area (Å²) in [5, 5.41) is 8.71. The van der Waals surface area contributed by atoms with Crippen molar-refractivity contribution < 1.29 is 40.6 Å². The van der Waals surface area contributed by atoms with E-state index >= 15 is 0 Å². The lowest BCUT2D eigenvalue weighted by molar-refractivity contribution is -0.474. The van der Waals surface area contributed by atoms with Crippen LogP contribution in [0.5, 0.6) is 0 Å². The van der Waals surface area contributed by atoms with Gasteiger partial charge in [0.05, 0.1) is 5.92 Å². The highest BCUT2D eigenvalue weighted by molar-refractivity contribution is 5.02. The fourth-order valence-electron chi connectivity index (χ4n) is 1.25. The molecule has 2 nitrogen and oxygen atoms in total. The van der Waals surface area contributed by atoms with Crippen LogP contribution in [0.2, 0.25) is 0 Å². The molecular formula is C7H7F7O2. The molecule has 0 aromatic heterocycles. The van der Waals surface area contributed by atoms with Crippen LogP contribution in [0.1, 0.15) is 6.92 Å². The second-order valence-corrected chi connectivity index (χ2v) is 3.54. The predicted molar refractivity (Wildman–Crippen MR) is 36.0 cm³/mol. The van der Waals surface area contributed by atoms with Gasteiger partial charge in [-0.25, -0.2) is 8.78 Å². The van der Waals surface area contributed by atoms with Gasteiger partial charge in [0.1, 0.15) is 6.61 Å². The Balaban J connectivity index is 3.20. The lowest BCUT2D eigenvalue weighted by Gasteiger charge is -2.46. The fourth-order valence-corrected chi connectivity index (χ4v) is 1.25.